The number of carbonyl (C=O) groups excluding carboxylic acids is 1. The van der Waals surface area contributed by atoms with Crippen molar-refractivity contribution in [2.24, 2.45) is 5.92 Å². The standard InChI is InChI=1S/C13H19BrN2O2/c1-9(7-15-2)8-16-13(17)11-5-4-10(14)6-12(11)18-3/h4-6,9,15H,7-8H2,1-3H3,(H,16,17). The zero-order valence-electron chi connectivity index (χ0n) is 10.9. The molecule has 0 saturated carbocycles. The topological polar surface area (TPSA) is 50.4 Å². The van der Waals surface area contributed by atoms with Gasteiger partial charge in [0.25, 0.3) is 5.91 Å². The second kappa shape index (κ2) is 7.38. The zero-order valence-corrected chi connectivity index (χ0v) is 12.5. The van der Waals surface area contributed by atoms with Gasteiger partial charge in [-0.15, -0.1) is 0 Å². The van der Waals surface area contributed by atoms with Gasteiger partial charge in [0.1, 0.15) is 5.75 Å². The largest absolute Gasteiger partial charge is 0.496 e. The van der Waals surface area contributed by atoms with Crippen molar-refractivity contribution >= 4 is 21.8 Å². The third kappa shape index (κ3) is 4.31. The van der Waals surface area contributed by atoms with Crippen LogP contribution in [-0.4, -0.2) is 33.2 Å². The van der Waals surface area contributed by atoms with Crippen LogP contribution in [0.2, 0.25) is 0 Å². The maximum absolute atomic E-state index is 12.0. The molecule has 1 aromatic carbocycles. The van der Waals surface area contributed by atoms with Crippen LogP contribution >= 0.6 is 15.9 Å². The minimum Gasteiger partial charge on any atom is -0.496 e. The summed E-state index contributed by atoms with van der Waals surface area (Å²) in [5, 5.41) is 5.98. The fourth-order valence-corrected chi connectivity index (χ4v) is 1.98. The van der Waals surface area contributed by atoms with Crippen molar-refractivity contribution in [1.82, 2.24) is 10.6 Å². The monoisotopic (exact) mass is 314 g/mol. The molecule has 0 fully saturated rings. The maximum Gasteiger partial charge on any atom is 0.255 e. The molecule has 0 aliphatic rings. The molecule has 0 radical (unpaired) electrons. The molecule has 100 valence electrons. The Kier molecular flexibility index (Phi) is 6.15. The van der Waals surface area contributed by atoms with Gasteiger partial charge in [0, 0.05) is 11.0 Å². The van der Waals surface area contributed by atoms with Crippen molar-refractivity contribution in [3.8, 4) is 5.75 Å². The Balaban J connectivity index is 2.66. The van der Waals surface area contributed by atoms with E-state index < -0.39 is 0 Å². The first-order valence-electron chi connectivity index (χ1n) is 5.84. The Morgan fingerprint density at radius 3 is 2.78 bits per heavy atom. The van der Waals surface area contributed by atoms with E-state index in [0.29, 0.717) is 23.8 Å². The first-order valence-corrected chi connectivity index (χ1v) is 6.64. The average Bonchev–Trinajstić information content (AvgIpc) is 2.36. The Morgan fingerprint density at radius 2 is 2.17 bits per heavy atom. The Labute approximate surface area is 116 Å². The normalized spacial score (nSPS) is 12.0. The predicted octanol–water partition coefficient (Wildman–Crippen LogP) is 2.04. The van der Waals surface area contributed by atoms with Crippen molar-refractivity contribution < 1.29 is 9.53 Å². The van der Waals surface area contributed by atoms with E-state index in [9.17, 15) is 4.79 Å². The quantitative estimate of drug-likeness (QED) is 0.845. The third-order valence-electron chi connectivity index (χ3n) is 2.57. The molecule has 1 unspecified atom stereocenters. The maximum atomic E-state index is 12.0. The van der Waals surface area contributed by atoms with E-state index in [1.807, 2.05) is 13.1 Å². The molecule has 2 N–H and O–H groups in total. The lowest BCUT2D eigenvalue weighted by molar-refractivity contribution is 0.0945. The van der Waals surface area contributed by atoms with Gasteiger partial charge in [-0.05, 0) is 37.7 Å². The lowest BCUT2D eigenvalue weighted by Crippen LogP contribution is -2.32. The van der Waals surface area contributed by atoms with Crippen LogP contribution in [0.1, 0.15) is 17.3 Å². The highest BCUT2D eigenvalue weighted by atomic mass is 79.9. The molecule has 4 nitrogen and oxygen atoms in total. The number of ether oxygens (including phenoxy) is 1. The summed E-state index contributed by atoms with van der Waals surface area (Å²) in [6.07, 6.45) is 0. The predicted molar refractivity (Wildman–Crippen MR) is 76.1 cm³/mol. The lowest BCUT2D eigenvalue weighted by Gasteiger charge is -2.13. The van der Waals surface area contributed by atoms with Gasteiger partial charge in [0.2, 0.25) is 0 Å². The van der Waals surface area contributed by atoms with Gasteiger partial charge in [-0.25, -0.2) is 0 Å². The number of nitrogens with one attached hydrogen (secondary N) is 2. The summed E-state index contributed by atoms with van der Waals surface area (Å²) >= 11 is 3.35. The molecule has 1 rings (SSSR count). The van der Waals surface area contributed by atoms with Crippen LogP contribution in [0.15, 0.2) is 22.7 Å². The van der Waals surface area contributed by atoms with Crippen LogP contribution < -0.4 is 15.4 Å². The van der Waals surface area contributed by atoms with Crippen molar-refractivity contribution in [3.05, 3.63) is 28.2 Å². The number of rotatable bonds is 6. The smallest absolute Gasteiger partial charge is 0.255 e. The van der Waals surface area contributed by atoms with E-state index in [2.05, 4.69) is 33.5 Å². The van der Waals surface area contributed by atoms with Gasteiger partial charge >= 0.3 is 0 Å². The Bertz CT molecular complexity index is 410. The Hall–Kier alpha value is -1.07. The molecular weight excluding hydrogens is 296 g/mol. The second-order valence-electron chi connectivity index (χ2n) is 4.22. The molecule has 0 saturated heterocycles. The van der Waals surface area contributed by atoms with E-state index in [4.69, 9.17) is 4.74 Å². The highest BCUT2D eigenvalue weighted by molar-refractivity contribution is 9.10. The highest BCUT2D eigenvalue weighted by Crippen LogP contribution is 2.23. The van der Waals surface area contributed by atoms with Crippen LogP contribution in [0.4, 0.5) is 0 Å². The molecule has 1 aromatic rings. The fourth-order valence-electron chi connectivity index (χ4n) is 1.64. The van der Waals surface area contributed by atoms with E-state index in [-0.39, 0.29) is 5.91 Å². The van der Waals surface area contributed by atoms with Gasteiger partial charge in [0.15, 0.2) is 0 Å². The summed E-state index contributed by atoms with van der Waals surface area (Å²) in [4.78, 5) is 12.0. The van der Waals surface area contributed by atoms with Crippen LogP contribution in [-0.2, 0) is 0 Å². The first kappa shape index (κ1) is 15.0. The summed E-state index contributed by atoms with van der Waals surface area (Å²) in [7, 11) is 3.46. The summed E-state index contributed by atoms with van der Waals surface area (Å²) in [6.45, 7) is 3.59. The molecule has 1 amide bonds. The van der Waals surface area contributed by atoms with Crippen LogP contribution in [0.3, 0.4) is 0 Å². The van der Waals surface area contributed by atoms with Crippen LogP contribution in [0.25, 0.3) is 0 Å². The summed E-state index contributed by atoms with van der Waals surface area (Å²) < 4.78 is 6.09. The zero-order chi connectivity index (χ0) is 13.5. The molecule has 1 atom stereocenters. The van der Waals surface area contributed by atoms with Crippen molar-refractivity contribution in [2.75, 3.05) is 27.2 Å². The van der Waals surface area contributed by atoms with E-state index in [0.717, 1.165) is 11.0 Å². The molecule has 0 aliphatic carbocycles. The summed E-state index contributed by atoms with van der Waals surface area (Å²) in [5.74, 6) is 0.853. The number of methoxy groups -OCH3 is 1. The minimum absolute atomic E-state index is 0.109. The third-order valence-corrected chi connectivity index (χ3v) is 3.07. The molecule has 0 aromatic heterocycles. The second-order valence-corrected chi connectivity index (χ2v) is 5.13. The number of benzene rings is 1. The van der Waals surface area contributed by atoms with E-state index in [1.165, 1.54) is 0 Å². The van der Waals surface area contributed by atoms with Gasteiger partial charge < -0.3 is 15.4 Å². The van der Waals surface area contributed by atoms with Gasteiger partial charge in [-0.3, -0.25) is 4.79 Å². The van der Waals surface area contributed by atoms with Crippen molar-refractivity contribution in [2.45, 2.75) is 6.92 Å². The van der Waals surface area contributed by atoms with Crippen molar-refractivity contribution in [1.29, 1.82) is 0 Å². The van der Waals surface area contributed by atoms with Crippen molar-refractivity contribution in [3.63, 3.8) is 0 Å². The molecule has 0 bridgehead atoms. The van der Waals surface area contributed by atoms with Crippen LogP contribution in [0.5, 0.6) is 5.75 Å². The number of amides is 1. The SMILES string of the molecule is CNCC(C)CNC(=O)c1ccc(Br)cc1OC. The summed E-state index contributed by atoms with van der Waals surface area (Å²) in [6, 6.07) is 5.36. The van der Waals surface area contributed by atoms with E-state index >= 15 is 0 Å². The minimum atomic E-state index is -0.109. The van der Waals surface area contributed by atoms with Crippen LogP contribution in [0, 0.1) is 5.92 Å². The number of carbonyl (C=O) groups is 1. The average molecular weight is 315 g/mol. The van der Waals surface area contributed by atoms with E-state index in [1.54, 1.807) is 19.2 Å². The molecule has 0 spiro atoms. The van der Waals surface area contributed by atoms with Gasteiger partial charge in [-0.1, -0.05) is 22.9 Å². The molecule has 18 heavy (non-hydrogen) atoms. The number of halogens is 1. The summed E-state index contributed by atoms with van der Waals surface area (Å²) in [5.41, 5.74) is 0.553. The molecule has 5 heteroatoms. The molecule has 0 aliphatic heterocycles. The van der Waals surface area contributed by atoms with Gasteiger partial charge in [0.05, 0.1) is 12.7 Å². The molecule has 0 heterocycles. The fraction of sp³-hybridized carbons (Fsp3) is 0.462. The van der Waals surface area contributed by atoms with Gasteiger partial charge in [-0.2, -0.15) is 0 Å². The highest BCUT2D eigenvalue weighted by Gasteiger charge is 2.13. The first-order chi connectivity index (χ1) is 8.58. The lowest BCUT2D eigenvalue weighted by atomic mass is 10.1. The number of hydrogen-bond donors (Lipinski definition) is 2. The molecular formula is C13H19BrN2O2. The Morgan fingerprint density at radius 1 is 1.44 bits per heavy atom. The number of hydrogen-bond acceptors (Lipinski definition) is 3.